The van der Waals surface area contributed by atoms with Crippen LogP contribution >= 0.6 is 45.9 Å². The van der Waals surface area contributed by atoms with E-state index in [9.17, 15) is 24.0 Å². The molecule has 1 unspecified atom stereocenters. The smallest absolute Gasteiger partial charge is 0.308 e. The normalized spacial score (nSPS) is 16.6. The summed E-state index contributed by atoms with van der Waals surface area (Å²) >= 11 is 14.3. The van der Waals surface area contributed by atoms with E-state index in [4.69, 9.17) is 23.2 Å². The van der Waals surface area contributed by atoms with E-state index < -0.39 is 33.3 Å². The van der Waals surface area contributed by atoms with Crippen LogP contribution in [0.15, 0.2) is 47.5 Å². The Kier molecular flexibility index (Phi) is 6.02. The summed E-state index contributed by atoms with van der Waals surface area (Å²) in [5.74, 6) is -1.21. The molecule has 3 heterocycles. The third-order valence-electron chi connectivity index (χ3n) is 5.85. The van der Waals surface area contributed by atoms with E-state index in [0.717, 1.165) is 17.4 Å². The topological polar surface area (TPSA) is 117 Å². The Hall–Kier alpha value is -3.65. The minimum atomic E-state index is -1.14. The molecule has 5 aromatic rings. The van der Waals surface area contributed by atoms with Gasteiger partial charge in [-0.05, 0) is 18.2 Å². The number of hydrogen-bond acceptors (Lipinski definition) is 9. The van der Waals surface area contributed by atoms with Gasteiger partial charge in [-0.15, -0.1) is 0 Å². The summed E-state index contributed by atoms with van der Waals surface area (Å²) in [7, 11) is 0. The minimum absolute atomic E-state index is 0.0360. The molecule has 192 valence electrons. The first-order chi connectivity index (χ1) is 18.2. The van der Waals surface area contributed by atoms with Crippen molar-refractivity contribution in [1.82, 2.24) is 15.4 Å². The number of amidine groups is 1. The number of nitro groups is 1. The van der Waals surface area contributed by atoms with Crippen molar-refractivity contribution < 1.29 is 18.8 Å². The van der Waals surface area contributed by atoms with Crippen molar-refractivity contribution in [3.63, 3.8) is 0 Å². The molecule has 0 radical (unpaired) electrons. The van der Waals surface area contributed by atoms with Crippen molar-refractivity contribution in [3.05, 3.63) is 79.8 Å². The number of phenolic OH excluding ortho intramolecular Hbond substituents is 1. The number of thiazole rings is 2. The Morgan fingerprint density at radius 1 is 1.11 bits per heavy atom. The Balaban J connectivity index is 1.43. The van der Waals surface area contributed by atoms with Crippen LogP contribution in [0.1, 0.15) is 18.0 Å². The number of nitro benzene ring substituents is 1. The third kappa shape index (κ3) is 4.07. The van der Waals surface area contributed by atoms with Crippen molar-refractivity contribution in [2.24, 2.45) is 4.99 Å². The predicted molar refractivity (Wildman–Crippen MR) is 144 cm³/mol. The van der Waals surface area contributed by atoms with Crippen LogP contribution in [0.5, 0.6) is 5.75 Å². The molecular weight excluding hydrogens is 581 g/mol. The van der Waals surface area contributed by atoms with E-state index >= 15 is 0 Å². The molecule has 0 spiro atoms. The van der Waals surface area contributed by atoms with Gasteiger partial charge < -0.3 is 5.11 Å². The highest BCUT2D eigenvalue weighted by atomic mass is 35.5. The lowest BCUT2D eigenvalue weighted by atomic mass is 10.0. The fourth-order valence-corrected chi connectivity index (χ4v) is 6.57. The number of rotatable bonds is 4. The van der Waals surface area contributed by atoms with Crippen LogP contribution in [0.3, 0.4) is 0 Å². The second-order valence-electron chi connectivity index (χ2n) is 8.15. The first kappa shape index (κ1) is 24.7. The van der Waals surface area contributed by atoms with Crippen LogP contribution < -0.4 is 10.4 Å². The molecule has 2 N–H and O–H groups in total. The SMILES string of the molecule is O=[N+]([O-])c1cc2nc(/N=C3/CC(c4ccccc4O)N(c4nc5ccc(F)c(Cl)c5s4)N3)sc2c(Cl)c1F. The second kappa shape index (κ2) is 9.27. The van der Waals surface area contributed by atoms with Gasteiger partial charge in [-0.3, -0.25) is 20.5 Å². The highest BCUT2D eigenvalue weighted by molar-refractivity contribution is 7.23. The number of hydrogen-bond donors (Lipinski definition) is 2. The van der Waals surface area contributed by atoms with Crippen LogP contribution in [-0.4, -0.2) is 25.8 Å². The van der Waals surface area contributed by atoms with Gasteiger partial charge in [0.05, 0.1) is 36.4 Å². The Morgan fingerprint density at radius 3 is 2.63 bits per heavy atom. The molecular formula is C23H12Cl2F2N6O3S2. The van der Waals surface area contributed by atoms with E-state index in [1.54, 1.807) is 29.3 Å². The number of hydrazine groups is 1. The van der Waals surface area contributed by atoms with E-state index in [-0.39, 0.29) is 32.5 Å². The van der Waals surface area contributed by atoms with Crippen LogP contribution in [0.2, 0.25) is 10.0 Å². The summed E-state index contributed by atoms with van der Waals surface area (Å²) in [5.41, 5.74) is 3.62. The molecule has 1 fully saturated rings. The number of anilines is 1. The summed E-state index contributed by atoms with van der Waals surface area (Å²) in [6, 6.07) is 10.1. The molecule has 1 aliphatic heterocycles. The van der Waals surface area contributed by atoms with E-state index in [1.807, 2.05) is 0 Å². The van der Waals surface area contributed by atoms with Gasteiger partial charge in [-0.2, -0.15) is 4.39 Å². The average Bonchev–Trinajstić information content (AvgIpc) is 3.61. The van der Waals surface area contributed by atoms with Crippen LogP contribution in [0, 0.1) is 21.7 Å². The molecule has 0 amide bonds. The Labute approximate surface area is 229 Å². The first-order valence-corrected chi connectivity index (χ1v) is 13.2. The summed E-state index contributed by atoms with van der Waals surface area (Å²) in [6.45, 7) is 0. The van der Waals surface area contributed by atoms with Crippen molar-refractivity contribution in [1.29, 1.82) is 0 Å². The fraction of sp³-hybridized carbons (Fsp3) is 0.0870. The maximum Gasteiger partial charge on any atom is 0.308 e. The fourth-order valence-electron chi connectivity index (χ4n) is 4.11. The highest BCUT2D eigenvalue weighted by Gasteiger charge is 2.35. The molecule has 1 atom stereocenters. The van der Waals surface area contributed by atoms with Gasteiger partial charge in [-0.1, -0.05) is 64.1 Å². The number of benzene rings is 3. The number of nitrogens with zero attached hydrogens (tertiary/aromatic N) is 5. The Bertz CT molecular complexity index is 1810. The summed E-state index contributed by atoms with van der Waals surface area (Å²) in [6.07, 6.45) is 0.285. The van der Waals surface area contributed by atoms with Gasteiger partial charge in [-0.25, -0.2) is 19.4 Å². The van der Waals surface area contributed by atoms with Crippen molar-refractivity contribution in [3.8, 4) is 5.75 Å². The van der Waals surface area contributed by atoms with E-state index in [2.05, 4.69) is 20.4 Å². The second-order valence-corrected chi connectivity index (χ2v) is 10.9. The zero-order valence-electron chi connectivity index (χ0n) is 18.7. The molecule has 38 heavy (non-hydrogen) atoms. The number of nitrogens with one attached hydrogen (secondary N) is 1. The number of halogens is 4. The maximum absolute atomic E-state index is 14.3. The lowest BCUT2D eigenvalue weighted by molar-refractivity contribution is -0.387. The number of aromatic hydroxyl groups is 1. The number of aliphatic imine (C=N–C) groups is 1. The van der Waals surface area contributed by atoms with Gasteiger partial charge in [0.25, 0.3) is 0 Å². The molecule has 2 aromatic heterocycles. The molecule has 0 saturated carbocycles. The number of phenols is 1. The van der Waals surface area contributed by atoms with Gasteiger partial charge in [0.1, 0.15) is 22.4 Å². The predicted octanol–water partition coefficient (Wildman–Crippen LogP) is 7.29. The van der Waals surface area contributed by atoms with Crippen LogP contribution in [-0.2, 0) is 0 Å². The molecule has 1 saturated heterocycles. The van der Waals surface area contributed by atoms with Crippen molar-refractivity contribution in [2.45, 2.75) is 12.5 Å². The molecule has 6 rings (SSSR count). The molecule has 15 heteroatoms. The largest absolute Gasteiger partial charge is 0.508 e. The third-order valence-corrected chi connectivity index (χ3v) is 8.87. The number of para-hydroxylation sites is 1. The van der Waals surface area contributed by atoms with Gasteiger partial charge in [0.15, 0.2) is 0 Å². The lowest BCUT2D eigenvalue weighted by Crippen LogP contribution is -2.34. The van der Waals surface area contributed by atoms with Crippen molar-refractivity contribution >= 4 is 88.1 Å². The zero-order chi connectivity index (χ0) is 26.7. The molecule has 0 bridgehead atoms. The lowest BCUT2D eigenvalue weighted by Gasteiger charge is -2.23. The molecule has 9 nitrogen and oxygen atoms in total. The van der Waals surface area contributed by atoms with E-state index in [1.165, 1.54) is 23.5 Å². The standard InChI is InChI=1S/C23H12Cl2F2N6O3S2/c24-17-10(26)5-6-11-20(17)38-23(29-11)32-13(9-3-1-2-4-15(9)34)8-16(31-32)30-22-28-12-7-14(33(35)36)19(27)18(25)21(12)37-22/h1-7,13,34H,8H2,(H,28,30,31). The summed E-state index contributed by atoms with van der Waals surface area (Å²) < 4.78 is 29.1. The molecule has 3 aromatic carbocycles. The summed E-state index contributed by atoms with van der Waals surface area (Å²) in [4.78, 5) is 23.7. The van der Waals surface area contributed by atoms with Gasteiger partial charge in [0.2, 0.25) is 16.1 Å². The Morgan fingerprint density at radius 2 is 1.87 bits per heavy atom. The van der Waals surface area contributed by atoms with E-state index in [0.29, 0.717) is 26.7 Å². The average molecular weight is 593 g/mol. The molecule has 1 aliphatic rings. The number of aromatic nitrogens is 2. The maximum atomic E-state index is 14.3. The number of fused-ring (bicyclic) bond motifs is 2. The van der Waals surface area contributed by atoms with Crippen molar-refractivity contribution in [2.75, 3.05) is 5.01 Å². The van der Waals surface area contributed by atoms with Gasteiger partial charge in [0, 0.05) is 18.1 Å². The highest BCUT2D eigenvalue weighted by Crippen LogP contribution is 2.43. The van der Waals surface area contributed by atoms with Gasteiger partial charge >= 0.3 is 5.69 Å². The van der Waals surface area contributed by atoms with Crippen LogP contribution in [0.4, 0.5) is 24.7 Å². The molecule has 0 aliphatic carbocycles. The monoisotopic (exact) mass is 592 g/mol. The van der Waals surface area contributed by atoms with Crippen LogP contribution in [0.25, 0.3) is 20.4 Å². The summed E-state index contributed by atoms with van der Waals surface area (Å²) in [5, 5.41) is 23.6. The zero-order valence-corrected chi connectivity index (χ0v) is 21.8. The minimum Gasteiger partial charge on any atom is -0.508 e. The quantitative estimate of drug-likeness (QED) is 0.166. The first-order valence-electron chi connectivity index (χ1n) is 10.8.